The number of piperazine rings is 1. The lowest BCUT2D eigenvalue weighted by Gasteiger charge is -2.45. The molecule has 2 saturated carbocycles. The molecule has 0 aromatic heterocycles. The molecule has 0 radical (unpaired) electrons. The molecule has 22 heavy (non-hydrogen) atoms. The van der Waals surface area contributed by atoms with E-state index in [1.807, 2.05) is 4.90 Å². The van der Waals surface area contributed by atoms with E-state index in [-0.39, 0.29) is 27.3 Å². The smallest absolute Gasteiger partial charge is 0.231 e. The molecule has 3 atom stereocenters. The van der Waals surface area contributed by atoms with Gasteiger partial charge in [0, 0.05) is 31.6 Å². The lowest BCUT2D eigenvalue weighted by molar-refractivity contribution is -0.149. The van der Waals surface area contributed by atoms with E-state index in [0.29, 0.717) is 0 Å². The fraction of sp³-hybridized carbons (Fsp3) is 0.882. The summed E-state index contributed by atoms with van der Waals surface area (Å²) in [7, 11) is 0. The van der Waals surface area contributed by atoms with Crippen molar-refractivity contribution in [2.75, 3.05) is 32.7 Å². The van der Waals surface area contributed by atoms with Gasteiger partial charge in [-0.3, -0.25) is 9.59 Å². The number of Topliss-reactive ketones (excluding diaryl/α,β-unsaturated/α-hetero) is 1. The Balaban J connectivity index is 1.90. The second-order valence-corrected chi connectivity index (χ2v) is 8.80. The third-order valence-electron chi connectivity index (χ3n) is 7.21. The van der Waals surface area contributed by atoms with Gasteiger partial charge >= 0.3 is 0 Å². The molecule has 0 aromatic rings. The molecule has 0 unspecified atom stereocenters. The van der Waals surface area contributed by atoms with Gasteiger partial charge in [0.15, 0.2) is 5.78 Å². The van der Waals surface area contributed by atoms with Gasteiger partial charge in [-0.25, -0.2) is 0 Å². The lowest BCUT2D eigenvalue weighted by atomic mass is 9.64. The number of ketones is 1. The van der Waals surface area contributed by atoms with Crippen molar-refractivity contribution in [2.24, 2.45) is 16.2 Å². The topological polar surface area (TPSA) is 40.6 Å². The third-order valence-corrected chi connectivity index (χ3v) is 8.41. The van der Waals surface area contributed by atoms with E-state index in [4.69, 9.17) is 0 Å². The number of carbonyl (C=O) groups excluding carboxylic acids is 2. The normalized spacial score (nSPS) is 41.2. The highest BCUT2D eigenvalue weighted by molar-refractivity contribution is 9.10. The summed E-state index contributed by atoms with van der Waals surface area (Å²) in [5, 5.41) is 0. The number of hydrogen-bond acceptors (Lipinski definition) is 3. The Labute approximate surface area is 141 Å². The molecule has 3 fully saturated rings. The first kappa shape index (κ1) is 16.4. The van der Waals surface area contributed by atoms with Crippen LogP contribution in [-0.2, 0) is 9.59 Å². The second-order valence-electron chi connectivity index (χ2n) is 7.88. The van der Waals surface area contributed by atoms with Crippen LogP contribution in [0.15, 0.2) is 0 Å². The van der Waals surface area contributed by atoms with Crippen LogP contribution in [0.3, 0.4) is 0 Å². The van der Waals surface area contributed by atoms with Crippen molar-refractivity contribution < 1.29 is 9.59 Å². The highest BCUT2D eigenvalue weighted by Gasteiger charge is 2.77. The quantitative estimate of drug-likeness (QED) is 0.700. The van der Waals surface area contributed by atoms with Crippen LogP contribution in [0, 0.1) is 16.2 Å². The molecule has 1 aliphatic heterocycles. The van der Waals surface area contributed by atoms with E-state index in [1.165, 1.54) is 0 Å². The van der Waals surface area contributed by atoms with Crippen LogP contribution in [0.1, 0.15) is 40.5 Å². The first-order valence-corrected chi connectivity index (χ1v) is 9.34. The first-order valence-electron chi connectivity index (χ1n) is 8.42. The Morgan fingerprint density at radius 1 is 1.18 bits per heavy atom. The molecule has 0 aromatic carbocycles. The van der Waals surface area contributed by atoms with Gasteiger partial charge in [0.25, 0.3) is 0 Å². The van der Waals surface area contributed by atoms with Crippen molar-refractivity contribution in [1.29, 1.82) is 0 Å². The molecular formula is C17H27BrN2O2. The fourth-order valence-electron chi connectivity index (χ4n) is 4.97. The second kappa shape index (κ2) is 5.04. The third kappa shape index (κ3) is 1.73. The number of carbonyl (C=O) groups is 2. The highest BCUT2D eigenvalue weighted by atomic mass is 79.9. The average molecular weight is 371 g/mol. The van der Waals surface area contributed by atoms with Crippen LogP contribution < -0.4 is 0 Å². The van der Waals surface area contributed by atoms with Gasteiger partial charge in [-0.15, -0.1) is 0 Å². The maximum Gasteiger partial charge on any atom is 0.231 e. The zero-order valence-electron chi connectivity index (χ0n) is 14.1. The number of halogens is 1. The van der Waals surface area contributed by atoms with Crippen LogP contribution in [0.2, 0.25) is 0 Å². The van der Waals surface area contributed by atoms with E-state index < -0.39 is 5.41 Å². The Hall–Kier alpha value is -0.420. The predicted octanol–water partition coefficient (Wildman–Crippen LogP) is 2.31. The number of fused-ring (bicyclic) bond motifs is 2. The van der Waals surface area contributed by atoms with Gasteiger partial charge < -0.3 is 9.80 Å². The van der Waals surface area contributed by atoms with Crippen molar-refractivity contribution in [3.05, 3.63) is 0 Å². The van der Waals surface area contributed by atoms with Crippen LogP contribution in [0.25, 0.3) is 0 Å². The lowest BCUT2D eigenvalue weighted by Crippen LogP contribution is -2.57. The van der Waals surface area contributed by atoms with Crippen LogP contribution in [0.4, 0.5) is 0 Å². The van der Waals surface area contributed by atoms with Crippen molar-refractivity contribution >= 4 is 27.6 Å². The zero-order chi connectivity index (χ0) is 16.3. The molecule has 3 aliphatic rings. The summed E-state index contributed by atoms with van der Waals surface area (Å²) in [5.41, 5.74) is -1.22. The van der Waals surface area contributed by atoms with Gasteiger partial charge in [0.1, 0.15) is 0 Å². The van der Waals surface area contributed by atoms with Gasteiger partial charge in [0.05, 0.1) is 10.2 Å². The van der Waals surface area contributed by atoms with Crippen molar-refractivity contribution in [1.82, 2.24) is 9.80 Å². The summed E-state index contributed by atoms with van der Waals surface area (Å²) in [4.78, 5) is 30.2. The molecule has 0 N–H and O–H groups in total. The fourth-order valence-corrected chi connectivity index (χ4v) is 6.48. The van der Waals surface area contributed by atoms with Crippen LogP contribution in [0.5, 0.6) is 0 Å². The molecule has 124 valence electrons. The van der Waals surface area contributed by atoms with Gasteiger partial charge in [0.2, 0.25) is 5.91 Å². The molecule has 1 amide bonds. The van der Waals surface area contributed by atoms with E-state index >= 15 is 0 Å². The summed E-state index contributed by atoms with van der Waals surface area (Å²) >= 11 is 3.61. The molecule has 4 nitrogen and oxygen atoms in total. The van der Waals surface area contributed by atoms with Crippen molar-refractivity contribution in [3.8, 4) is 0 Å². The molecule has 1 saturated heterocycles. The molecule has 2 bridgehead atoms. The number of alkyl halides is 1. The number of amides is 1. The van der Waals surface area contributed by atoms with Gasteiger partial charge in [-0.2, -0.15) is 0 Å². The summed E-state index contributed by atoms with van der Waals surface area (Å²) in [6, 6.07) is 0. The molecule has 1 heterocycles. The summed E-state index contributed by atoms with van der Waals surface area (Å²) in [6.45, 7) is 13.0. The minimum atomic E-state index is -0.562. The van der Waals surface area contributed by atoms with E-state index in [0.717, 1.165) is 45.6 Å². The van der Waals surface area contributed by atoms with E-state index in [9.17, 15) is 9.59 Å². The predicted molar refractivity (Wildman–Crippen MR) is 90.0 cm³/mol. The Bertz CT molecular complexity index is 513. The first-order chi connectivity index (χ1) is 10.2. The molecule has 2 aliphatic carbocycles. The van der Waals surface area contributed by atoms with E-state index in [2.05, 4.69) is 48.5 Å². The summed E-state index contributed by atoms with van der Waals surface area (Å²) in [5.74, 6) is 0.425. The Kier molecular flexibility index (Phi) is 3.76. The SMILES string of the molecule is CCN1CCN(C(=O)[C@]23CC[C@@](C)(C(=O)[C@@H]2Br)C3(C)C)CC1. The minimum Gasteiger partial charge on any atom is -0.340 e. The van der Waals surface area contributed by atoms with E-state index in [1.54, 1.807) is 0 Å². The molecule has 0 spiro atoms. The Morgan fingerprint density at radius 2 is 1.77 bits per heavy atom. The monoisotopic (exact) mass is 370 g/mol. The number of likely N-dealkylation sites (N-methyl/N-ethyl adjacent to an activating group) is 1. The standard InChI is InChI=1S/C17H27BrN2O2/c1-5-19-8-10-20(11-9-19)14(22)17-7-6-16(4,15(17,2)3)13(21)12(17)18/h12H,5-11H2,1-4H3/t12-,16-,17-/m0/s1. The molecule has 3 rings (SSSR count). The van der Waals surface area contributed by atoms with Crippen molar-refractivity contribution in [3.63, 3.8) is 0 Å². The van der Waals surface area contributed by atoms with Crippen LogP contribution in [-0.4, -0.2) is 59.0 Å². The van der Waals surface area contributed by atoms with Crippen LogP contribution >= 0.6 is 15.9 Å². The Morgan fingerprint density at radius 3 is 2.23 bits per heavy atom. The largest absolute Gasteiger partial charge is 0.340 e. The molecular weight excluding hydrogens is 344 g/mol. The summed E-state index contributed by atoms with van der Waals surface area (Å²) < 4.78 is 0. The summed E-state index contributed by atoms with van der Waals surface area (Å²) in [6.07, 6.45) is 1.66. The molecule has 5 heteroatoms. The maximum atomic E-state index is 13.4. The van der Waals surface area contributed by atoms with Gasteiger partial charge in [-0.05, 0) is 24.8 Å². The maximum absolute atomic E-state index is 13.4. The average Bonchev–Trinajstić information content (AvgIpc) is 2.79. The number of hydrogen-bond donors (Lipinski definition) is 0. The number of nitrogens with zero attached hydrogens (tertiary/aromatic N) is 2. The highest BCUT2D eigenvalue weighted by Crippen LogP contribution is 2.72. The number of rotatable bonds is 2. The van der Waals surface area contributed by atoms with Gasteiger partial charge in [-0.1, -0.05) is 43.6 Å². The zero-order valence-corrected chi connectivity index (χ0v) is 15.7. The minimum absolute atomic E-state index is 0.199. The van der Waals surface area contributed by atoms with Crippen molar-refractivity contribution in [2.45, 2.75) is 45.4 Å².